The summed E-state index contributed by atoms with van der Waals surface area (Å²) in [4.78, 5) is 28.2. The highest BCUT2D eigenvalue weighted by molar-refractivity contribution is 6.33. The minimum Gasteiger partial charge on any atom is -0.495 e. The number of hydrogen-bond acceptors (Lipinski definition) is 5. The first-order valence-electron chi connectivity index (χ1n) is 7.67. The van der Waals surface area contributed by atoms with Crippen LogP contribution in [0.25, 0.3) is 0 Å². The SMILES string of the molecule is COc1ccc(Cl)cc1NC(=O)/C=N\OCC(=O)NC1CCCC1. The van der Waals surface area contributed by atoms with E-state index in [1.165, 1.54) is 7.11 Å². The van der Waals surface area contributed by atoms with E-state index in [9.17, 15) is 9.59 Å². The summed E-state index contributed by atoms with van der Waals surface area (Å²) >= 11 is 5.88. The van der Waals surface area contributed by atoms with Crippen molar-refractivity contribution in [1.29, 1.82) is 0 Å². The Kier molecular flexibility index (Phi) is 6.87. The summed E-state index contributed by atoms with van der Waals surface area (Å²) < 4.78 is 5.12. The number of amides is 2. The first-order chi connectivity index (χ1) is 11.6. The van der Waals surface area contributed by atoms with Gasteiger partial charge in [0.15, 0.2) is 6.61 Å². The molecule has 1 aliphatic rings. The number of oxime groups is 1. The number of methoxy groups -OCH3 is 1. The molecule has 0 bridgehead atoms. The lowest BCUT2D eigenvalue weighted by Gasteiger charge is -2.10. The fraction of sp³-hybridized carbons (Fsp3) is 0.438. The summed E-state index contributed by atoms with van der Waals surface area (Å²) in [5, 5.41) is 9.38. The molecule has 8 heteroatoms. The summed E-state index contributed by atoms with van der Waals surface area (Å²) in [7, 11) is 1.49. The van der Waals surface area contributed by atoms with Crippen molar-refractivity contribution in [3.63, 3.8) is 0 Å². The van der Waals surface area contributed by atoms with Crippen LogP contribution in [0.5, 0.6) is 5.75 Å². The van der Waals surface area contributed by atoms with Crippen LogP contribution in [0.4, 0.5) is 5.69 Å². The third-order valence-corrected chi connectivity index (χ3v) is 3.81. The van der Waals surface area contributed by atoms with Crippen LogP contribution in [0.2, 0.25) is 5.02 Å². The molecule has 1 aliphatic carbocycles. The molecule has 0 atom stereocenters. The maximum atomic E-state index is 11.8. The third-order valence-electron chi connectivity index (χ3n) is 3.58. The number of carbonyl (C=O) groups is 2. The van der Waals surface area contributed by atoms with Crippen LogP contribution in [-0.2, 0) is 14.4 Å². The molecule has 1 saturated carbocycles. The number of halogens is 1. The van der Waals surface area contributed by atoms with Crippen molar-refractivity contribution in [2.45, 2.75) is 31.7 Å². The third kappa shape index (κ3) is 5.73. The zero-order chi connectivity index (χ0) is 17.4. The number of nitrogens with one attached hydrogen (secondary N) is 2. The van der Waals surface area contributed by atoms with E-state index in [-0.39, 0.29) is 18.6 Å². The molecule has 0 spiro atoms. The Morgan fingerprint density at radius 3 is 2.83 bits per heavy atom. The molecule has 0 unspecified atom stereocenters. The molecule has 2 N–H and O–H groups in total. The van der Waals surface area contributed by atoms with Gasteiger partial charge >= 0.3 is 0 Å². The monoisotopic (exact) mass is 353 g/mol. The van der Waals surface area contributed by atoms with E-state index in [1.54, 1.807) is 18.2 Å². The van der Waals surface area contributed by atoms with Gasteiger partial charge in [-0.2, -0.15) is 0 Å². The van der Waals surface area contributed by atoms with E-state index in [4.69, 9.17) is 21.2 Å². The second-order valence-electron chi connectivity index (χ2n) is 5.39. The van der Waals surface area contributed by atoms with Gasteiger partial charge in [-0.05, 0) is 31.0 Å². The Bertz CT molecular complexity index is 615. The van der Waals surface area contributed by atoms with Crippen molar-refractivity contribution in [2.24, 2.45) is 5.16 Å². The Morgan fingerprint density at radius 2 is 2.12 bits per heavy atom. The highest BCUT2D eigenvalue weighted by atomic mass is 35.5. The number of ether oxygens (including phenoxy) is 1. The maximum Gasteiger partial charge on any atom is 0.270 e. The van der Waals surface area contributed by atoms with Gasteiger partial charge in [0.2, 0.25) is 0 Å². The molecule has 0 aromatic heterocycles. The quantitative estimate of drug-likeness (QED) is 0.581. The van der Waals surface area contributed by atoms with Crippen molar-refractivity contribution >= 4 is 35.3 Å². The smallest absolute Gasteiger partial charge is 0.270 e. The highest BCUT2D eigenvalue weighted by Gasteiger charge is 2.17. The van der Waals surface area contributed by atoms with E-state index in [1.807, 2.05) is 0 Å². The molecule has 2 amide bonds. The summed E-state index contributed by atoms with van der Waals surface area (Å²) in [6.07, 6.45) is 5.22. The Balaban J connectivity index is 1.74. The van der Waals surface area contributed by atoms with Crippen LogP contribution < -0.4 is 15.4 Å². The number of hydrogen-bond donors (Lipinski definition) is 2. The standard InChI is InChI=1S/C16H20ClN3O4/c1-23-14-7-6-11(17)8-13(14)20-15(21)9-18-24-10-16(22)19-12-4-2-3-5-12/h6-9,12H,2-5,10H2,1H3,(H,19,22)(H,20,21)/b18-9-. The van der Waals surface area contributed by atoms with Gasteiger partial charge in [0.1, 0.15) is 12.0 Å². The van der Waals surface area contributed by atoms with Gasteiger partial charge in [0.25, 0.3) is 11.8 Å². The van der Waals surface area contributed by atoms with Crippen LogP contribution in [0.3, 0.4) is 0 Å². The van der Waals surface area contributed by atoms with E-state index < -0.39 is 5.91 Å². The van der Waals surface area contributed by atoms with Gasteiger partial charge in [-0.15, -0.1) is 0 Å². The molecule has 0 saturated heterocycles. The Morgan fingerprint density at radius 1 is 1.38 bits per heavy atom. The second kappa shape index (κ2) is 9.12. The summed E-state index contributed by atoms with van der Waals surface area (Å²) in [5.74, 6) is -0.291. The molecule has 130 valence electrons. The number of nitrogens with zero attached hydrogens (tertiary/aromatic N) is 1. The molecule has 1 aromatic rings. The Labute approximate surface area is 145 Å². The van der Waals surface area contributed by atoms with Crippen LogP contribution in [-0.4, -0.2) is 37.8 Å². The van der Waals surface area contributed by atoms with E-state index in [0.29, 0.717) is 16.5 Å². The summed E-state index contributed by atoms with van der Waals surface area (Å²) in [6, 6.07) is 5.07. The van der Waals surface area contributed by atoms with Crippen LogP contribution in [0.1, 0.15) is 25.7 Å². The van der Waals surface area contributed by atoms with E-state index in [0.717, 1.165) is 31.9 Å². The predicted molar refractivity (Wildman–Crippen MR) is 91.5 cm³/mol. The lowest BCUT2D eigenvalue weighted by atomic mass is 10.2. The molecule has 7 nitrogen and oxygen atoms in total. The Hall–Kier alpha value is -2.28. The molecular weight excluding hydrogens is 334 g/mol. The van der Waals surface area contributed by atoms with Crippen LogP contribution in [0, 0.1) is 0 Å². The zero-order valence-electron chi connectivity index (χ0n) is 13.4. The van der Waals surface area contributed by atoms with Crippen molar-refractivity contribution in [1.82, 2.24) is 5.32 Å². The molecule has 0 heterocycles. The minimum absolute atomic E-state index is 0.221. The topological polar surface area (TPSA) is 89.0 Å². The summed E-state index contributed by atoms with van der Waals surface area (Å²) in [5.41, 5.74) is 0.417. The van der Waals surface area contributed by atoms with Crippen molar-refractivity contribution in [3.8, 4) is 5.75 Å². The van der Waals surface area contributed by atoms with Gasteiger partial charge in [0, 0.05) is 11.1 Å². The van der Waals surface area contributed by atoms with Gasteiger partial charge in [0.05, 0.1) is 12.8 Å². The van der Waals surface area contributed by atoms with Gasteiger partial charge in [-0.25, -0.2) is 0 Å². The number of rotatable bonds is 7. The zero-order valence-corrected chi connectivity index (χ0v) is 14.1. The molecule has 2 rings (SSSR count). The lowest BCUT2D eigenvalue weighted by molar-refractivity contribution is -0.126. The molecule has 24 heavy (non-hydrogen) atoms. The summed E-state index contributed by atoms with van der Waals surface area (Å²) in [6.45, 7) is -0.221. The van der Waals surface area contributed by atoms with Crippen molar-refractivity contribution < 1.29 is 19.2 Å². The first-order valence-corrected chi connectivity index (χ1v) is 8.05. The molecular formula is C16H20ClN3O4. The van der Waals surface area contributed by atoms with E-state index in [2.05, 4.69) is 15.8 Å². The maximum absolute atomic E-state index is 11.8. The predicted octanol–water partition coefficient (Wildman–Crippen LogP) is 2.35. The average Bonchev–Trinajstić information content (AvgIpc) is 3.05. The largest absolute Gasteiger partial charge is 0.495 e. The normalized spacial score (nSPS) is 14.6. The van der Waals surface area contributed by atoms with Crippen molar-refractivity contribution in [2.75, 3.05) is 19.0 Å². The molecule has 0 radical (unpaired) electrons. The van der Waals surface area contributed by atoms with Crippen molar-refractivity contribution in [3.05, 3.63) is 23.2 Å². The molecule has 1 aromatic carbocycles. The van der Waals surface area contributed by atoms with Gasteiger partial charge in [-0.1, -0.05) is 29.6 Å². The minimum atomic E-state index is -0.522. The number of carbonyl (C=O) groups excluding carboxylic acids is 2. The molecule has 1 fully saturated rings. The first kappa shape index (κ1) is 18.1. The number of benzene rings is 1. The van der Waals surface area contributed by atoms with Crippen LogP contribution >= 0.6 is 11.6 Å². The highest BCUT2D eigenvalue weighted by Crippen LogP contribution is 2.27. The van der Waals surface area contributed by atoms with Crippen LogP contribution in [0.15, 0.2) is 23.4 Å². The van der Waals surface area contributed by atoms with E-state index >= 15 is 0 Å². The van der Waals surface area contributed by atoms with Gasteiger partial charge < -0.3 is 20.2 Å². The number of anilines is 1. The lowest BCUT2D eigenvalue weighted by Crippen LogP contribution is -2.35. The average molecular weight is 354 g/mol. The fourth-order valence-corrected chi connectivity index (χ4v) is 2.64. The molecule has 0 aliphatic heterocycles. The van der Waals surface area contributed by atoms with Gasteiger partial charge in [-0.3, -0.25) is 9.59 Å². The fourth-order valence-electron chi connectivity index (χ4n) is 2.46. The second-order valence-corrected chi connectivity index (χ2v) is 5.83.